The number of carbonyl (C=O) groups excluding carboxylic acids is 2. The summed E-state index contributed by atoms with van der Waals surface area (Å²) in [5.41, 5.74) is 0.850. The third kappa shape index (κ3) is 2.85. The molecule has 4 aliphatic rings. The molecule has 0 heterocycles. The molecule has 0 amide bonds. The highest BCUT2D eigenvalue weighted by Crippen LogP contribution is 2.67. The Morgan fingerprint density at radius 1 is 1.04 bits per heavy atom. The Hall–Kier alpha value is -0.860. The highest BCUT2D eigenvalue weighted by atomic mass is 16.5. The number of Topliss-reactive ketones (excluding diaryl/α,β-unsaturated/α-hetero) is 1. The first-order valence-electron chi connectivity index (χ1n) is 11.0. The minimum Gasteiger partial charge on any atom is -0.466 e. The van der Waals surface area contributed by atoms with E-state index in [0.717, 1.165) is 43.4 Å². The summed E-state index contributed by atoms with van der Waals surface area (Å²) in [4.78, 5) is 23.1. The zero-order valence-corrected chi connectivity index (χ0v) is 16.9. The standard InChI is InChI=1S/C23H36O3/c1-15(24)26-13-10-16-5-7-20-19-6-4-17-14-18(25)8-11-23(17,3)21(19)9-12-22(16,20)2/h16-17,19-21H,4-14H2,1-3H3/t16?,17?,19-,20-,21+,22+,23-/m0/s1. The van der Waals surface area contributed by atoms with Gasteiger partial charge in [-0.25, -0.2) is 0 Å². The molecule has 0 radical (unpaired) electrons. The van der Waals surface area contributed by atoms with Gasteiger partial charge in [0.1, 0.15) is 5.78 Å². The minimum absolute atomic E-state index is 0.147. The molecule has 4 aliphatic carbocycles. The number of carbonyl (C=O) groups is 2. The molecule has 0 bridgehead atoms. The number of hydrogen-bond donors (Lipinski definition) is 0. The van der Waals surface area contributed by atoms with Crippen LogP contribution in [0.4, 0.5) is 0 Å². The van der Waals surface area contributed by atoms with E-state index in [2.05, 4.69) is 13.8 Å². The Bertz CT molecular complexity index is 584. The first kappa shape index (κ1) is 18.5. The Morgan fingerprint density at radius 3 is 2.58 bits per heavy atom. The molecule has 7 atom stereocenters. The van der Waals surface area contributed by atoms with E-state index in [4.69, 9.17) is 4.74 Å². The third-order valence-corrected chi connectivity index (χ3v) is 9.45. The van der Waals surface area contributed by atoms with Crippen molar-refractivity contribution in [2.75, 3.05) is 6.61 Å². The Labute approximate surface area is 158 Å². The van der Waals surface area contributed by atoms with Crippen molar-refractivity contribution in [1.29, 1.82) is 0 Å². The maximum absolute atomic E-state index is 12.0. The van der Waals surface area contributed by atoms with Gasteiger partial charge in [-0.2, -0.15) is 0 Å². The first-order valence-corrected chi connectivity index (χ1v) is 11.0. The van der Waals surface area contributed by atoms with Crippen molar-refractivity contribution >= 4 is 11.8 Å². The zero-order chi connectivity index (χ0) is 18.5. The van der Waals surface area contributed by atoms with Crippen LogP contribution >= 0.6 is 0 Å². The van der Waals surface area contributed by atoms with E-state index >= 15 is 0 Å². The second-order valence-corrected chi connectivity index (χ2v) is 10.3. The molecule has 3 heteroatoms. The lowest BCUT2D eigenvalue weighted by Crippen LogP contribution is -2.53. The highest BCUT2D eigenvalue weighted by molar-refractivity contribution is 5.79. The molecule has 0 aromatic carbocycles. The third-order valence-electron chi connectivity index (χ3n) is 9.45. The molecule has 0 aromatic rings. The molecule has 0 N–H and O–H groups in total. The smallest absolute Gasteiger partial charge is 0.302 e. The molecular weight excluding hydrogens is 324 g/mol. The predicted octanol–water partition coefficient (Wildman–Crippen LogP) is 5.17. The molecule has 26 heavy (non-hydrogen) atoms. The monoisotopic (exact) mass is 360 g/mol. The van der Waals surface area contributed by atoms with E-state index in [1.54, 1.807) is 0 Å². The van der Waals surface area contributed by atoms with Gasteiger partial charge in [-0.1, -0.05) is 13.8 Å². The van der Waals surface area contributed by atoms with Crippen LogP contribution in [0.3, 0.4) is 0 Å². The Kier molecular flexibility index (Phi) is 4.72. The summed E-state index contributed by atoms with van der Waals surface area (Å²) in [5, 5.41) is 0. The van der Waals surface area contributed by atoms with Crippen LogP contribution in [-0.2, 0) is 14.3 Å². The van der Waals surface area contributed by atoms with E-state index in [0.29, 0.717) is 35.1 Å². The summed E-state index contributed by atoms with van der Waals surface area (Å²) >= 11 is 0. The molecule has 0 saturated heterocycles. The lowest BCUT2D eigenvalue weighted by atomic mass is 9.44. The fourth-order valence-corrected chi connectivity index (χ4v) is 7.97. The SMILES string of the molecule is CC(=O)OCCC1CC[C@H]2[C@@H]3CCC4CC(=O)CC[C@]4(C)[C@@H]3CC[C@]12C. The fourth-order valence-electron chi connectivity index (χ4n) is 7.97. The number of fused-ring (bicyclic) bond motifs is 5. The van der Waals surface area contributed by atoms with E-state index in [9.17, 15) is 9.59 Å². The summed E-state index contributed by atoms with van der Waals surface area (Å²) in [7, 11) is 0. The van der Waals surface area contributed by atoms with E-state index in [1.807, 2.05) is 0 Å². The van der Waals surface area contributed by atoms with Crippen LogP contribution in [0.15, 0.2) is 0 Å². The van der Waals surface area contributed by atoms with Crippen LogP contribution in [0.1, 0.15) is 85.0 Å². The van der Waals surface area contributed by atoms with Gasteiger partial charge in [0, 0.05) is 19.8 Å². The molecule has 0 spiro atoms. The van der Waals surface area contributed by atoms with Crippen LogP contribution in [0, 0.1) is 40.4 Å². The van der Waals surface area contributed by atoms with E-state index in [1.165, 1.54) is 45.4 Å². The topological polar surface area (TPSA) is 43.4 Å². The summed E-state index contributed by atoms with van der Waals surface area (Å²) in [6.07, 6.45) is 11.8. The Morgan fingerprint density at radius 2 is 1.81 bits per heavy atom. The van der Waals surface area contributed by atoms with Crippen LogP contribution in [-0.4, -0.2) is 18.4 Å². The lowest BCUT2D eigenvalue weighted by Gasteiger charge is -2.60. The van der Waals surface area contributed by atoms with Crippen molar-refractivity contribution in [2.45, 2.75) is 85.0 Å². The normalized spacial score (nSPS) is 47.7. The molecule has 0 aromatic heterocycles. The molecule has 4 rings (SSSR count). The molecule has 146 valence electrons. The van der Waals surface area contributed by atoms with Gasteiger partial charge in [0.2, 0.25) is 0 Å². The molecule has 3 nitrogen and oxygen atoms in total. The largest absolute Gasteiger partial charge is 0.466 e. The van der Waals surface area contributed by atoms with Gasteiger partial charge < -0.3 is 4.74 Å². The molecule has 0 aliphatic heterocycles. The first-order chi connectivity index (χ1) is 12.3. The van der Waals surface area contributed by atoms with Crippen molar-refractivity contribution in [3.8, 4) is 0 Å². The molecule has 2 unspecified atom stereocenters. The molecule has 4 fully saturated rings. The van der Waals surface area contributed by atoms with Crippen molar-refractivity contribution in [3.63, 3.8) is 0 Å². The number of esters is 1. The number of ether oxygens (including phenoxy) is 1. The van der Waals surface area contributed by atoms with Gasteiger partial charge in [-0.3, -0.25) is 9.59 Å². The van der Waals surface area contributed by atoms with Crippen molar-refractivity contribution in [1.82, 2.24) is 0 Å². The summed E-state index contributed by atoms with van der Waals surface area (Å²) < 4.78 is 5.26. The summed E-state index contributed by atoms with van der Waals surface area (Å²) in [6.45, 7) is 7.17. The summed E-state index contributed by atoms with van der Waals surface area (Å²) in [5.74, 6) is 4.27. The van der Waals surface area contributed by atoms with Gasteiger partial charge >= 0.3 is 5.97 Å². The van der Waals surface area contributed by atoms with Gasteiger partial charge in [0.25, 0.3) is 0 Å². The average molecular weight is 361 g/mol. The van der Waals surface area contributed by atoms with E-state index < -0.39 is 0 Å². The maximum atomic E-state index is 12.0. The number of ketones is 1. The van der Waals surface area contributed by atoms with Gasteiger partial charge in [0.15, 0.2) is 0 Å². The van der Waals surface area contributed by atoms with Crippen molar-refractivity contribution < 1.29 is 14.3 Å². The van der Waals surface area contributed by atoms with Crippen molar-refractivity contribution in [2.24, 2.45) is 40.4 Å². The van der Waals surface area contributed by atoms with Crippen LogP contribution in [0.25, 0.3) is 0 Å². The van der Waals surface area contributed by atoms with Crippen LogP contribution in [0.5, 0.6) is 0 Å². The van der Waals surface area contributed by atoms with E-state index in [-0.39, 0.29) is 5.97 Å². The van der Waals surface area contributed by atoms with Gasteiger partial charge in [0.05, 0.1) is 6.61 Å². The zero-order valence-electron chi connectivity index (χ0n) is 16.9. The number of hydrogen-bond acceptors (Lipinski definition) is 3. The summed E-state index contributed by atoms with van der Waals surface area (Å²) in [6, 6.07) is 0. The van der Waals surface area contributed by atoms with Gasteiger partial charge in [-0.05, 0) is 91.8 Å². The second kappa shape index (κ2) is 6.63. The van der Waals surface area contributed by atoms with Crippen LogP contribution in [0.2, 0.25) is 0 Å². The quantitative estimate of drug-likeness (QED) is 0.652. The van der Waals surface area contributed by atoms with Crippen LogP contribution < -0.4 is 0 Å². The second-order valence-electron chi connectivity index (χ2n) is 10.3. The van der Waals surface area contributed by atoms with Gasteiger partial charge in [-0.15, -0.1) is 0 Å². The highest BCUT2D eigenvalue weighted by Gasteiger charge is 2.59. The Balaban J connectivity index is 1.49. The minimum atomic E-state index is -0.147. The maximum Gasteiger partial charge on any atom is 0.302 e. The fraction of sp³-hybridized carbons (Fsp3) is 0.913. The molecule has 4 saturated carbocycles. The van der Waals surface area contributed by atoms with Crippen molar-refractivity contribution in [3.05, 3.63) is 0 Å². The number of rotatable bonds is 3. The lowest BCUT2D eigenvalue weighted by molar-refractivity contribution is -0.143. The molecular formula is C23H36O3. The predicted molar refractivity (Wildman–Crippen MR) is 101 cm³/mol. The average Bonchev–Trinajstić information content (AvgIpc) is 2.92.